The zero-order chi connectivity index (χ0) is 15.2. The minimum Gasteiger partial charge on any atom is -1.00 e. The SMILES string of the molecule is O=C(NC1CC[NH+](Cc2ccccc2)CC1)c1ccccc1.[Cl-]. The van der Waals surface area contributed by atoms with E-state index in [9.17, 15) is 4.79 Å². The number of nitrogens with one attached hydrogen (secondary N) is 2. The third kappa shape index (κ3) is 5.08. The summed E-state index contributed by atoms with van der Waals surface area (Å²) in [6.07, 6.45) is 2.11. The van der Waals surface area contributed by atoms with Crippen molar-refractivity contribution in [3.05, 3.63) is 71.8 Å². The first-order valence-corrected chi connectivity index (χ1v) is 8.04. The van der Waals surface area contributed by atoms with Crippen LogP contribution in [0.1, 0.15) is 28.8 Å². The van der Waals surface area contributed by atoms with E-state index in [0.717, 1.165) is 38.0 Å². The first kappa shape index (κ1) is 17.5. The molecule has 4 heteroatoms. The van der Waals surface area contributed by atoms with Gasteiger partial charge in [0.25, 0.3) is 5.91 Å². The van der Waals surface area contributed by atoms with Gasteiger partial charge in [-0.15, -0.1) is 0 Å². The van der Waals surface area contributed by atoms with Crippen LogP contribution in [-0.2, 0) is 6.54 Å². The molecule has 0 aliphatic carbocycles. The van der Waals surface area contributed by atoms with E-state index in [4.69, 9.17) is 0 Å². The van der Waals surface area contributed by atoms with Crippen molar-refractivity contribution in [1.29, 1.82) is 0 Å². The summed E-state index contributed by atoms with van der Waals surface area (Å²) in [5.41, 5.74) is 2.14. The summed E-state index contributed by atoms with van der Waals surface area (Å²) in [6.45, 7) is 3.32. The Hall–Kier alpha value is -1.84. The summed E-state index contributed by atoms with van der Waals surface area (Å²) in [7, 11) is 0. The molecule has 1 amide bonds. The van der Waals surface area contributed by atoms with Crippen molar-refractivity contribution in [3.8, 4) is 0 Å². The van der Waals surface area contributed by atoms with E-state index in [1.165, 1.54) is 5.56 Å². The molecule has 23 heavy (non-hydrogen) atoms. The smallest absolute Gasteiger partial charge is 0.251 e. The fourth-order valence-corrected chi connectivity index (χ4v) is 3.09. The summed E-state index contributed by atoms with van der Waals surface area (Å²) in [5.74, 6) is 0.0529. The summed E-state index contributed by atoms with van der Waals surface area (Å²) in [5, 5.41) is 3.17. The van der Waals surface area contributed by atoms with Crippen LogP contribution in [0.4, 0.5) is 0 Å². The zero-order valence-electron chi connectivity index (χ0n) is 13.2. The van der Waals surface area contributed by atoms with E-state index < -0.39 is 0 Å². The van der Waals surface area contributed by atoms with Crippen molar-refractivity contribution >= 4 is 5.91 Å². The molecule has 0 aromatic heterocycles. The molecule has 1 saturated heterocycles. The van der Waals surface area contributed by atoms with E-state index in [1.807, 2.05) is 30.3 Å². The van der Waals surface area contributed by atoms with Gasteiger partial charge in [0.05, 0.1) is 13.1 Å². The summed E-state index contributed by atoms with van der Waals surface area (Å²) in [6, 6.07) is 20.4. The number of rotatable bonds is 4. The largest absolute Gasteiger partial charge is 1.00 e. The van der Waals surface area contributed by atoms with E-state index in [1.54, 1.807) is 4.90 Å². The van der Waals surface area contributed by atoms with E-state index in [2.05, 4.69) is 35.6 Å². The number of halogens is 1. The first-order chi connectivity index (χ1) is 10.8. The van der Waals surface area contributed by atoms with Gasteiger partial charge in [-0.1, -0.05) is 48.5 Å². The highest BCUT2D eigenvalue weighted by Gasteiger charge is 2.23. The molecule has 1 fully saturated rings. The van der Waals surface area contributed by atoms with Gasteiger partial charge in [0.2, 0.25) is 0 Å². The Morgan fingerprint density at radius 1 is 0.957 bits per heavy atom. The maximum atomic E-state index is 12.2. The topological polar surface area (TPSA) is 33.5 Å². The second-order valence-electron chi connectivity index (χ2n) is 6.03. The lowest BCUT2D eigenvalue weighted by atomic mass is 10.0. The molecule has 122 valence electrons. The maximum absolute atomic E-state index is 12.2. The van der Waals surface area contributed by atoms with Crippen LogP contribution in [0, 0.1) is 0 Å². The van der Waals surface area contributed by atoms with Crippen LogP contribution < -0.4 is 22.6 Å². The van der Waals surface area contributed by atoms with Gasteiger partial charge >= 0.3 is 0 Å². The van der Waals surface area contributed by atoms with Gasteiger partial charge < -0.3 is 22.6 Å². The Morgan fingerprint density at radius 3 is 2.13 bits per heavy atom. The molecular formula is C19H23ClN2O. The normalized spacial score (nSPS) is 20.3. The molecule has 0 spiro atoms. The minimum atomic E-state index is 0. The van der Waals surface area contributed by atoms with E-state index in [0.29, 0.717) is 6.04 Å². The number of carbonyl (C=O) groups is 1. The van der Waals surface area contributed by atoms with Gasteiger partial charge in [0, 0.05) is 30.0 Å². The predicted molar refractivity (Wildman–Crippen MR) is 87.8 cm³/mol. The zero-order valence-corrected chi connectivity index (χ0v) is 13.9. The Labute approximate surface area is 144 Å². The van der Waals surface area contributed by atoms with Gasteiger partial charge in [-0.05, 0) is 12.1 Å². The van der Waals surface area contributed by atoms with Crippen molar-refractivity contribution in [2.24, 2.45) is 0 Å². The van der Waals surface area contributed by atoms with Crippen molar-refractivity contribution in [2.45, 2.75) is 25.4 Å². The Balaban J connectivity index is 0.00000192. The molecule has 1 aliphatic rings. The van der Waals surface area contributed by atoms with Crippen molar-refractivity contribution in [1.82, 2.24) is 5.32 Å². The highest BCUT2D eigenvalue weighted by atomic mass is 35.5. The monoisotopic (exact) mass is 330 g/mol. The first-order valence-electron chi connectivity index (χ1n) is 8.04. The van der Waals surface area contributed by atoms with Crippen molar-refractivity contribution < 1.29 is 22.1 Å². The van der Waals surface area contributed by atoms with Gasteiger partial charge in [0.15, 0.2) is 0 Å². The molecule has 2 aromatic rings. The number of carbonyl (C=O) groups excluding carboxylic acids is 1. The van der Waals surface area contributed by atoms with Crippen LogP contribution in [0.2, 0.25) is 0 Å². The number of amides is 1. The van der Waals surface area contributed by atoms with Gasteiger partial charge in [-0.25, -0.2) is 0 Å². The third-order valence-electron chi connectivity index (χ3n) is 4.36. The number of likely N-dealkylation sites (tertiary alicyclic amines) is 1. The van der Waals surface area contributed by atoms with Crippen LogP contribution in [0.15, 0.2) is 60.7 Å². The maximum Gasteiger partial charge on any atom is 0.251 e. The molecule has 0 saturated carbocycles. The van der Waals surface area contributed by atoms with Gasteiger partial charge in [-0.3, -0.25) is 4.79 Å². The number of benzene rings is 2. The molecular weight excluding hydrogens is 308 g/mol. The molecule has 2 aromatic carbocycles. The lowest BCUT2D eigenvalue weighted by molar-refractivity contribution is -0.918. The number of hydrogen-bond acceptors (Lipinski definition) is 1. The highest BCUT2D eigenvalue weighted by molar-refractivity contribution is 5.94. The summed E-state index contributed by atoms with van der Waals surface area (Å²) in [4.78, 5) is 13.8. The second kappa shape index (κ2) is 8.70. The second-order valence-corrected chi connectivity index (χ2v) is 6.03. The Bertz CT molecular complexity index is 595. The number of quaternary nitrogens is 1. The molecule has 3 nitrogen and oxygen atoms in total. The highest BCUT2D eigenvalue weighted by Crippen LogP contribution is 2.04. The summed E-state index contributed by atoms with van der Waals surface area (Å²) >= 11 is 0. The van der Waals surface area contributed by atoms with Crippen molar-refractivity contribution in [3.63, 3.8) is 0 Å². The van der Waals surface area contributed by atoms with Crippen LogP contribution in [0.25, 0.3) is 0 Å². The standard InChI is InChI=1S/C19H22N2O.ClH/c22-19(17-9-5-2-6-10-17)20-18-11-13-21(14-12-18)15-16-7-3-1-4-8-16;/h1-10,18H,11-15H2,(H,20,22);1H. The van der Waals surface area contributed by atoms with Crippen molar-refractivity contribution in [2.75, 3.05) is 13.1 Å². The lowest BCUT2D eigenvalue weighted by Crippen LogP contribution is -3.12. The average molecular weight is 331 g/mol. The van der Waals surface area contributed by atoms with E-state index in [-0.39, 0.29) is 18.3 Å². The van der Waals surface area contributed by atoms with Crippen LogP contribution in [0.5, 0.6) is 0 Å². The number of hydrogen-bond donors (Lipinski definition) is 2. The molecule has 1 aliphatic heterocycles. The molecule has 3 rings (SSSR count). The fraction of sp³-hybridized carbons (Fsp3) is 0.316. The molecule has 0 unspecified atom stereocenters. The molecule has 2 N–H and O–H groups in total. The fourth-order valence-electron chi connectivity index (χ4n) is 3.09. The van der Waals surface area contributed by atoms with Crippen LogP contribution in [-0.4, -0.2) is 25.0 Å². The third-order valence-corrected chi connectivity index (χ3v) is 4.36. The lowest BCUT2D eigenvalue weighted by Gasteiger charge is -2.29. The number of piperidine rings is 1. The van der Waals surface area contributed by atoms with E-state index >= 15 is 0 Å². The predicted octanol–water partition coefficient (Wildman–Crippen LogP) is -1.33. The molecule has 1 heterocycles. The van der Waals surface area contributed by atoms with Crippen LogP contribution >= 0.6 is 0 Å². The van der Waals surface area contributed by atoms with Crippen LogP contribution in [0.3, 0.4) is 0 Å². The average Bonchev–Trinajstić information content (AvgIpc) is 2.58. The minimum absolute atomic E-state index is 0. The Kier molecular flexibility index (Phi) is 6.63. The molecule has 0 radical (unpaired) electrons. The molecule has 0 bridgehead atoms. The summed E-state index contributed by atoms with van der Waals surface area (Å²) < 4.78 is 0. The van der Waals surface area contributed by atoms with Gasteiger partial charge in [-0.2, -0.15) is 0 Å². The Morgan fingerprint density at radius 2 is 1.52 bits per heavy atom. The molecule has 0 atom stereocenters. The van der Waals surface area contributed by atoms with Gasteiger partial charge in [0.1, 0.15) is 6.54 Å². The quantitative estimate of drug-likeness (QED) is 0.715.